The first kappa shape index (κ1) is 10.4. The maximum atomic E-state index is 12.9. The van der Waals surface area contributed by atoms with Gasteiger partial charge in [0.15, 0.2) is 0 Å². The van der Waals surface area contributed by atoms with Gasteiger partial charge in [0, 0.05) is 0 Å². The maximum absolute atomic E-state index is 12.9. The van der Waals surface area contributed by atoms with E-state index in [1.165, 1.54) is 18.2 Å². The predicted octanol–water partition coefficient (Wildman–Crippen LogP) is 3.60. The molecule has 11 heavy (non-hydrogen) atoms. The largest absolute Gasteiger partial charge is 0.207 e. The summed E-state index contributed by atoms with van der Waals surface area (Å²) in [5, 5.41) is -0.260. The van der Waals surface area contributed by atoms with Crippen LogP contribution in [0.15, 0.2) is 36.2 Å². The molecule has 0 nitrogen and oxygen atoms in total. The monoisotopic (exact) mass is 174 g/mol. The quantitative estimate of drug-likeness (QED) is 0.453. The lowest BCUT2D eigenvalue weighted by Gasteiger charge is -2.01. The van der Waals surface area contributed by atoms with Crippen molar-refractivity contribution in [3.8, 4) is 0 Å². The molecule has 0 aromatic carbocycles. The van der Waals surface area contributed by atoms with Crippen LogP contribution in [0.25, 0.3) is 0 Å². The molecule has 0 spiro atoms. The average molecular weight is 175 g/mol. The van der Waals surface area contributed by atoms with Crippen LogP contribution >= 0.6 is 11.6 Å². The molecule has 0 aliphatic carbocycles. The number of allylic oxidation sites excluding steroid dienone is 5. The summed E-state index contributed by atoms with van der Waals surface area (Å²) in [5.41, 5.74) is 0.546. The molecule has 0 saturated heterocycles. The lowest BCUT2D eigenvalue weighted by atomic mass is 10.2. The zero-order valence-electron chi connectivity index (χ0n) is 6.77. The lowest BCUT2D eigenvalue weighted by Crippen LogP contribution is -1.93. The van der Waals surface area contributed by atoms with Crippen LogP contribution in [-0.4, -0.2) is 5.38 Å². The van der Waals surface area contributed by atoms with Crippen molar-refractivity contribution < 1.29 is 4.39 Å². The van der Waals surface area contributed by atoms with Crippen molar-refractivity contribution in [2.24, 2.45) is 0 Å². The van der Waals surface area contributed by atoms with Gasteiger partial charge in [-0.15, -0.1) is 11.6 Å². The van der Waals surface area contributed by atoms with E-state index in [1.54, 1.807) is 13.8 Å². The normalized spacial score (nSPS) is 16.4. The van der Waals surface area contributed by atoms with Crippen molar-refractivity contribution in [1.82, 2.24) is 0 Å². The second-order valence-corrected chi connectivity index (χ2v) is 2.90. The van der Waals surface area contributed by atoms with Crippen LogP contribution in [0.1, 0.15) is 13.8 Å². The standard InChI is InChI=1S/C9H12ClF/c1-4-5-6-9(11)7(2)8(3)10/h4-6,8H,1H2,2-3H3/b6-5-,9-7+. The van der Waals surface area contributed by atoms with Crippen molar-refractivity contribution >= 4 is 11.6 Å². The summed E-state index contributed by atoms with van der Waals surface area (Å²) in [6.07, 6.45) is 4.41. The molecule has 0 saturated carbocycles. The SMILES string of the molecule is C=C/C=C\C(F)=C(\C)C(C)Cl. The third kappa shape index (κ3) is 3.99. The van der Waals surface area contributed by atoms with Gasteiger partial charge in [0.05, 0.1) is 5.38 Å². The number of alkyl halides is 1. The Hall–Kier alpha value is -0.560. The van der Waals surface area contributed by atoms with Crippen molar-refractivity contribution in [3.63, 3.8) is 0 Å². The molecule has 0 bridgehead atoms. The number of hydrogen-bond donors (Lipinski definition) is 0. The smallest absolute Gasteiger partial charge is 0.123 e. The van der Waals surface area contributed by atoms with Gasteiger partial charge in [0.25, 0.3) is 0 Å². The molecule has 1 unspecified atom stereocenters. The topological polar surface area (TPSA) is 0 Å². The molecule has 0 N–H and O–H groups in total. The summed E-state index contributed by atoms with van der Waals surface area (Å²) < 4.78 is 12.9. The molecule has 0 fully saturated rings. The van der Waals surface area contributed by atoms with Gasteiger partial charge < -0.3 is 0 Å². The minimum Gasteiger partial charge on any atom is -0.207 e. The molecule has 0 amide bonds. The Morgan fingerprint density at radius 3 is 2.55 bits per heavy atom. The zero-order valence-corrected chi connectivity index (χ0v) is 7.53. The highest BCUT2D eigenvalue weighted by Gasteiger charge is 2.03. The van der Waals surface area contributed by atoms with Crippen LogP contribution in [0, 0.1) is 0 Å². The highest BCUT2D eigenvalue weighted by atomic mass is 35.5. The molecular formula is C9H12ClF. The highest BCUT2D eigenvalue weighted by molar-refractivity contribution is 6.22. The Morgan fingerprint density at radius 1 is 1.64 bits per heavy atom. The fourth-order valence-electron chi connectivity index (χ4n) is 0.474. The molecule has 62 valence electrons. The van der Waals surface area contributed by atoms with Gasteiger partial charge >= 0.3 is 0 Å². The first-order valence-electron chi connectivity index (χ1n) is 3.39. The zero-order chi connectivity index (χ0) is 8.85. The van der Waals surface area contributed by atoms with E-state index in [2.05, 4.69) is 6.58 Å². The molecular weight excluding hydrogens is 163 g/mol. The van der Waals surface area contributed by atoms with Crippen molar-refractivity contribution in [1.29, 1.82) is 0 Å². The lowest BCUT2D eigenvalue weighted by molar-refractivity contribution is 0.649. The molecule has 0 rings (SSSR count). The number of rotatable bonds is 3. The van der Waals surface area contributed by atoms with Gasteiger partial charge in [-0.2, -0.15) is 0 Å². The van der Waals surface area contributed by atoms with Crippen molar-refractivity contribution in [3.05, 3.63) is 36.2 Å². The van der Waals surface area contributed by atoms with Crippen LogP contribution in [0.4, 0.5) is 4.39 Å². The van der Waals surface area contributed by atoms with Gasteiger partial charge in [0.2, 0.25) is 0 Å². The highest BCUT2D eigenvalue weighted by Crippen LogP contribution is 2.15. The molecule has 2 heteroatoms. The van der Waals surface area contributed by atoms with E-state index in [1.807, 2.05) is 0 Å². The second kappa shape index (κ2) is 5.14. The Morgan fingerprint density at radius 2 is 2.18 bits per heavy atom. The van der Waals surface area contributed by atoms with E-state index >= 15 is 0 Å². The number of halogens is 2. The molecule has 0 aromatic rings. The molecule has 0 aliphatic heterocycles. The summed E-state index contributed by atoms with van der Waals surface area (Å²) in [7, 11) is 0. The Balaban J connectivity index is 4.39. The summed E-state index contributed by atoms with van der Waals surface area (Å²) in [5.74, 6) is -0.285. The third-order valence-corrected chi connectivity index (χ3v) is 1.68. The first-order chi connectivity index (χ1) is 5.09. The van der Waals surface area contributed by atoms with E-state index in [4.69, 9.17) is 11.6 Å². The minimum absolute atomic E-state index is 0.260. The van der Waals surface area contributed by atoms with Crippen LogP contribution in [0.2, 0.25) is 0 Å². The summed E-state index contributed by atoms with van der Waals surface area (Å²) in [6, 6.07) is 0. The second-order valence-electron chi connectivity index (χ2n) is 2.24. The fraction of sp³-hybridized carbons (Fsp3) is 0.333. The molecule has 0 heterocycles. The Bertz CT molecular complexity index is 190. The summed E-state index contributed by atoms with van der Waals surface area (Å²) in [4.78, 5) is 0. The maximum Gasteiger partial charge on any atom is 0.123 e. The molecule has 1 atom stereocenters. The van der Waals surface area contributed by atoms with Crippen LogP contribution in [-0.2, 0) is 0 Å². The summed E-state index contributed by atoms with van der Waals surface area (Å²) >= 11 is 5.64. The number of hydrogen-bond acceptors (Lipinski definition) is 0. The molecule has 0 aromatic heterocycles. The third-order valence-electron chi connectivity index (χ3n) is 1.35. The van der Waals surface area contributed by atoms with E-state index in [0.717, 1.165) is 0 Å². The van der Waals surface area contributed by atoms with E-state index < -0.39 is 0 Å². The van der Waals surface area contributed by atoms with E-state index in [-0.39, 0.29) is 11.2 Å². The van der Waals surface area contributed by atoms with Gasteiger partial charge in [-0.3, -0.25) is 0 Å². The van der Waals surface area contributed by atoms with Gasteiger partial charge in [-0.05, 0) is 25.5 Å². The van der Waals surface area contributed by atoms with E-state index in [9.17, 15) is 4.39 Å². The average Bonchev–Trinajstić information content (AvgIpc) is 1.98. The van der Waals surface area contributed by atoms with Crippen LogP contribution in [0.5, 0.6) is 0 Å². The Labute approximate surface area is 72.1 Å². The summed E-state index contributed by atoms with van der Waals surface area (Å²) in [6.45, 7) is 6.83. The minimum atomic E-state index is -0.285. The van der Waals surface area contributed by atoms with Crippen molar-refractivity contribution in [2.45, 2.75) is 19.2 Å². The van der Waals surface area contributed by atoms with Gasteiger partial charge in [-0.1, -0.05) is 18.7 Å². The van der Waals surface area contributed by atoms with E-state index in [0.29, 0.717) is 5.57 Å². The van der Waals surface area contributed by atoms with Crippen LogP contribution < -0.4 is 0 Å². The van der Waals surface area contributed by atoms with Crippen LogP contribution in [0.3, 0.4) is 0 Å². The Kier molecular flexibility index (Phi) is 4.88. The van der Waals surface area contributed by atoms with Crippen molar-refractivity contribution in [2.75, 3.05) is 0 Å². The van der Waals surface area contributed by atoms with Gasteiger partial charge in [-0.25, -0.2) is 4.39 Å². The molecule has 0 radical (unpaired) electrons. The van der Waals surface area contributed by atoms with Gasteiger partial charge in [0.1, 0.15) is 5.83 Å². The first-order valence-corrected chi connectivity index (χ1v) is 3.82. The predicted molar refractivity (Wildman–Crippen MR) is 48.5 cm³/mol. The fourth-order valence-corrected chi connectivity index (χ4v) is 0.578. The molecule has 0 aliphatic rings.